The first kappa shape index (κ1) is 18.2. The van der Waals surface area contributed by atoms with Gasteiger partial charge in [-0.25, -0.2) is 4.39 Å². The van der Waals surface area contributed by atoms with Crippen molar-refractivity contribution in [1.82, 2.24) is 9.80 Å². The molecule has 1 aromatic carbocycles. The van der Waals surface area contributed by atoms with E-state index in [9.17, 15) is 14.0 Å². The number of halogens is 2. The molecule has 0 radical (unpaired) electrons. The van der Waals surface area contributed by atoms with Crippen molar-refractivity contribution in [3.05, 3.63) is 56.4 Å². The first-order chi connectivity index (χ1) is 12.0. The van der Waals surface area contributed by atoms with Crippen LogP contribution in [0.4, 0.5) is 4.39 Å². The van der Waals surface area contributed by atoms with Gasteiger partial charge in [0, 0.05) is 37.5 Å². The summed E-state index contributed by atoms with van der Waals surface area (Å²) in [5, 5.41) is 0. The molecule has 2 aromatic rings. The fourth-order valence-electron chi connectivity index (χ4n) is 2.86. The third-order valence-corrected chi connectivity index (χ3v) is 5.79. The van der Waals surface area contributed by atoms with Gasteiger partial charge in [0.05, 0.1) is 15.9 Å². The van der Waals surface area contributed by atoms with Crippen molar-refractivity contribution in [3.63, 3.8) is 0 Å². The number of ketones is 1. The molecule has 1 saturated heterocycles. The van der Waals surface area contributed by atoms with Crippen LogP contribution in [0.1, 0.15) is 15.2 Å². The molecule has 2 heterocycles. The minimum absolute atomic E-state index is 0.107. The van der Waals surface area contributed by atoms with Gasteiger partial charge in [0.2, 0.25) is 0 Å². The molecule has 1 aliphatic heterocycles. The molecule has 0 unspecified atom stereocenters. The number of hydrogen-bond donors (Lipinski definition) is 0. The molecule has 1 amide bonds. The number of piperazine rings is 1. The fraction of sp³-hybridized carbons (Fsp3) is 0.333. The van der Waals surface area contributed by atoms with Gasteiger partial charge in [0.25, 0.3) is 5.91 Å². The Morgan fingerprint density at radius 3 is 2.44 bits per heavy atom. The Labute approximate surface area is 158 Å². The first-order valence-corrected chi connectivity index (χ1v) is 9.66. The standard InChI is InChI=1S/C18H18BrFN2O2S/c19-17-6-5-14(25-17)11-13(23)12-21-7-9-22(10-8-21)18(24)15-3-1-2-4-16(15)20/h1-6H,7-12H2. The number of benzene rings is 1. The summed E-state index contributed by atoms with van der Waals surface area (Å²) in [6.07, 6.45) is 0.435. The maximum atomic E-state index is 13.7. The van der Waals surface area contributed by atoms with Crippen molar-refractivity contribution in [2.24, 2.45) is 0 Å². The van der Waals surface area contributed by atoms with Gasteiger partial charge in [0.15, 0.2) is 5.78 Å². The maximum Gasteiger partial charge on any atom is 0.256 e. The van der Waals surface area contributed by atoms with Crippen LogP contribution in [0.2, 0.25) is 0 Å². The Hall–Kier alpha value is -1.57. The van der Waals surface area contributed by atoms with Crippen molar-refractivity contribution in [3.8, 4) is 0 Å². The molecule has 1 aliphatic rings. The summed E-state index contributed by atoms with van der Waals surface area (Å²) in [4.78, 5) is 29.3. The second-order valence-electron chi connectivity index (χ2n) is 5.97. The molecule has 0 bridgehead atoms. The summed E-state index contributed by atoms with van der Waals surface area (Å²) >= 11 is 4.97. The van der Waals surface area contributed by atoms with E-state index < -0.39 is 5.82 Å². The number of Topliss-reactive ketones (excluding diaryl/α,β-unsaturated/α-hetero) is 1. The second kappa shape index (κ2) is 8.21. The van der Waals surface area contributed by atoms with Crippen LogP contribution in [0.15, 0.2) is 40.2 Å². The minimum Gasteiger partial charge on any atom is -0.336 e. The summed E-state index contributed by atoms with van der Waals surface area (Å²) in [6.45, 7) is 2.65. The molecule has 0 atom stereocenters. The molecule has 7 heteroatoms. The molecule has 25 heavy (non-hydrogen) atoms. The van der Waals surface area contributed by atoms with Gasteiger partial charge in [0.1, 0.15) is 5.82 Å². The zero-order valence-electron chi connectivity index (χ0n) is 13.6. The van der Waals surface area contributed by atoms with E-state index >= 15 is 0 Å². The number of thiophene rings is 1. The molecule has 3 rings (SSSR count). The van der Waals surface area contributed by atoms with E-state index in [-0.39, 0.29) is 17.3 Å². The first-order valence-electron chi connectivity index (χ1n) is 8.05. The van der Waals surface area contributed by atoms with Gasteiger partial charge in [-0.2, -0.15) is 0 Å². The lowest BCUT2D eigenvalue weighted by Crippen LogP contribution is -2.50. The van der Waals surface area contributed by atoms with Gasteiger partial charge in [-0.3, -0.25) is 14.5 Å². The van der Waals surface area contributed by atoms with E-state index in [1.807, 2.05) is 12.1 Å². The molecular weight excluding hydrogens is 407 g/mol. The molecule has 0 aliphatic carbocycles. The molecular formula is C18H18BrFN2O2S. The molecule has 0 saturated carbocycles. The maximum absolute atomic E-state index is 13.7. The summed E-state index contributed by atoms with van der Waals surface area (Å²) in [5.41, 5.74) is 0.107. The average Bonchev–Trinajstić information content (AvgIpc) is 3.00. The molecule has 0 spiro atoms. The summed E-state index contributed by atoms with van der Waals surface area (Å²) in [6, 6.07) is 9.94. The van der Waals surface area contributed by atoms with Crippen LogP contribution < -0.4 is 0 Å². The number of nitrogens with zero attached hydrogens (tertiary/aromatic N) is 2. The van der Waals surface area contributed by atoms with E-state index in [0.717, 1.165) is 8.66 Å². The Morgan fingerprint density at radius 1 is 1.08 bits per heavy atom. The zero-order chi connectivity index (χ0) is 17.8. The van der Waals surface area contributed by atoms with Crippen molar-refractivity contribution >= 4 is 39.0 Å². The van der Waals surface area contributed by atoms with Crippen LogP contribution in [0.5, 0.6) is 0 Å². The summed E-state index contributed by atoms with van der Waals surface area (Å²) in [5.74, 6) is -0.608. The lowest BCUT2D eigenvalue weighted by atomic mass is 10.1. The van der Waals surface area contributed by atoms with Crippen LogP contribution in [-0.2, 0) is 11.2 Å². The Morgan fingerprint density at radius 2 is 1.80 bits per heavy atom. The summed E-state index contributed by atoms with van der Waals surface area (Å²) < 4.78 is 14.8. The highest BCUT2D eigenvalue weighted by Gasteiger charge is 2.24. The predicted octanol–water partition coefficient (Wildman–Crippen LogP) is 3.22. The Bertz CT molecular complexity index is 772. The number of hydrogen-bond acceptors (Lipinski definition) is 4. The van der Waals surface area contributed by atoms with Gasteiger partial charge in [-0.1, -0.05) is 12.1 Å². The number of amides is 1. The highest BCUT2D eigenvalue weighted by Crippen LogP contribution is 2.22. The number of carbonyl (C=O) groups excluding carboxylic acids is 2. The largest absolute Gasteiger partial charge is 0.336 e. The lowest BCUT2D eigenvalue weighted by molar-refractivity contribution is -0.119. The number of carbonyl (C=O) groups is 2. The predicted molar refractivity (Wildman–Crippen MR) is 99.5 cm³/mol. The average molecular weight is 425 g/mol. The third kappa shape index (κ3) is 4.74. The smallest absolute Gasteiger partial charge is 0.256 e. The Balaban J connectivity index is 1.49. The van der Waals surface area contributed by atoms with E-state index in [1.54, 1.807) is 28.4 Å². The topological polar surface area (TPSA) is 40.6 Å². The van der Waals surface area contributed by atoms with Crippen molar-refractivity contribution in [2.45, 2.75) is 6.42 Å². The van der Waals surface area contributed by atoms with E-state index in [2.05, 4.69) is 20.8 Å². The lowest BCUT2D eigenvalue weighted by Gasteiger charge is -2.34. The van der Waals surface area contributed by atoms with Crippen LogP contribution in [0.25, 0.3) is 0 Å². The van der Waals surface area contributed by atoms with Gasteiger partial charge in [-0.05, 0) is 40.2 Å². The third-order valence-electron chi connectivity index (χ3n) is 4.16. The molecule has 0 N–H and O–H groups in total. The van der Waals surface area contributed by atoms with Crippen LogP contribution in [0.3, 0.4) is 0 Å². The van der Waals surface area contributed by atoms with Gasteiger partial charge < -0.3 is 4.90 Å². The highest BCUT2D eigenvalue weighted by atomic mass is 79.9. The molecule has 1 aromatic heterocycles. The quantitative estimate of drug-likeness (QED) is 0.739. The monoisotopic (exact) mass is 424 g/mol. The fourth-order valence-corrected chi connectivity index (χ4v) is 4.37. The van der Waals surface area contributed by atoms with Crippen molar-refractivity contribution < 1.29 is 14.0 Å². The van der Waals surface area contributed by atoms with Crippen LogP contribution >= 0.6 is 27.3 Å². The zero-order valence-corrected chi connectivity index (χ0v) is 16.0. The van der Waals surface area contributed by atoms with Crippen LogP contribution in [0, 0.1) is 5.82 Å². The Kier molecular flexibility index (Phi) is 5.98. The molecule has 132 valence electrons. The summed E-state index contributed by atoms with van der Waals surface area (Å²) in [7, 11) is 0. The number of rotatable bonds is 5. The van der Waals surface area contributed by atoms with E-state index in [4.69, 9.17) is 0 Å². The second-order valence-corrected chi connectivity index (χ2v) is 8.52. The van der Waals surface area contributed by atoms with Crippen molar-refractivity contribution in [2.75, 3.05) is 32.7 Å². The molecule has 4 nitrogen and oxygen atoms in total. The SMILES string of the molecule is O=C(Cc1ccc(Br)s1)CN1CCN(C(=O)c2ccccc2F)CC1. The normalized spacial score (nSPS) is 15.4. The van der Waals surface area contributed by atoms with Crippen LogP contribution in [-0.4, -0.2) is 54.2 Å². The minimum atomic E-state index is -0.493. The molecule has 1 fully saturated rings. The van der Waals surface area contributed by atoms with E-state index in [0.29, 0.717) is 39.1 Å². The van der Waals surface area contributed by atoms with E-state index in [1.165, 1.54) is 12.1 Å². The van der Waals surface area contributed by atoms with Crippen molar-refractivity contribution in [1.29, 1.82) is 0 Å². The highest BCUT2D eigenvalue weighted by molar-refractivity contribution is 9.11. The van der Waals surface area contributed by atoms with Gasteiger partial charge in [-0.15, -0.1) is 11.3 Å². The van der Waals surface area contributed by atoms with Gasteiger partial charge >= 0.3 is 0 Å².